The molecule has 1 aliphatic carbocycles. The molecule has 2 heterocycles. The molecule has 0 spiro atoms. The minimum atomic E-state index is -0.274. The monoisotopic (exact) mass is 358 g/mol. The molecule has 7 heteroatoms. The minimum absolute atomic E-state index is 0.0199. The predicted octanol–water partition coefficient (Wildman–Crippen LogP) is 4.51. The summed E-state index contributed by atoms with van der Waals surface area (Å²) in [5.74, 6) is 0.515. The maximum absolute atomic E-state index is 13.1. The molecule has 1 aromatic carbocycles. The third kappa shape index (κ3) is 3.56. The Morgan fingerprint density at radius 1 is 1.24 bits per heavy atom. The van der Waals surface area contributed by atoms with E-state index in [-0.39, 0.29) is 11.7 Å². The number of hydrogen-bond acceptors (Lipinski definition) is 4. The van der Waals surface area contributed by atoms with E-state index in [1.54, 1.807) is 16.6 Å². The van der Waals surface area contributed by atoms with Gasteiger partial charge in [0.2, 0.25) is 16.8 Å². The zero-order valence-corrected chi connectivity index (χ0v) is 14.6. The van der Waals surface area contributed by atoms with E-state index < -0.39 is 0 Å². The molecular formula is C18H19FN4OS. The van der Waals surface area contributed by atoms with Crippen LogP contribution in [0, 0.1) is 11.7 Å². The summed E-state index contributed by atoms with van der Waals surface area (Å²) >= 11 is 1.44. The number of benzene rings is 1. The Bertz CT molecular complexity index is 880. The fourth-order valence-corrected chi connectivity index (χ4v) is 4.21. The van der Waals surface area contributed by atoms with E-state index in [1.165, 1.54) is 42.7 Å². The number of aromatic nitrogens is 3. The molecule has 0 aliphatic heterocycles. The molecule has 0 radical (unpaired) electrons. The van der Waals surface area contributed by atoms with Crippen LogP contribution < -0.4 is 5.32 Å². The Morgan fingerprint density at radius 2 is 2.00 bits per heavy atom. The van der Waals surface area contributed by atoms with Crippen molar-refractivity contribution in [3.63, 3.8) is 0 Å². The molecule has 3 aromatic rings. The summed E-state index contributed by atoms with van der Waals surface area (Å²) in [7, 11) is 0. The smallest absolute Gasteiger partial charge is 0.250 e. The van der Waals surface area contributed by atoms with Crippen LogP contribution in [-0.4, -0.2) is 20.5 Å². The second-order valence-corrected chi connectivity index (χ2v) is 7.35. The number of thiazole rings is 1. The molecule has 25 heavy (non-hydrogen) atoms. The second kappa shape index (κ2) is 6.92. The van der Waals surface area contributed by atoms with Gasteiger partial charge in [-0.2, -0.15) is 4.98 Å². The van der Waals surface area contributed by atoms with E-state index in [2.05, 4.69) is 15.4 Å². The van der Waals surface area contributed by atoms with Crippen molar-refractivity contribution in [3.05, 3.63) is 35.5 Å². The molecule has 0 saturated heterocycles. The second-order valence-electron chi connectivity index (χ2n) is 6.51. The van der Waals surface area contributed by atoms with Gasteiger partial charge < -0.3 is 0 Å². The normalized spacial score (nSPS) is 15.6. The third-order valence-corrected chi connectivity index (χ3v) is 5.49. The molecule has 5 nitrogen and oxygen atoms in total. The maximum Gasteiger partial charge on any atom is 0.250 e. The van der Waals surface area contributed by atoms with Crippen LogP contribution in [-0.2, 0) is 4.79 Å². The molecule has 0 bridgehead atoms. The van der Waals surface area contributed by atoms with Crippen molar-refractivity contribution in [2.24, 2.45) is 5.92 Å². The molecule has 1 fully saturated rings. The first-order valence-corrected chi connectivity index (χ1v) is 9.47. The van der Waals surface area contributed by atoms with Gasteiger partial charge in [0, 0.05) is 17.4 Å². The average Bonchev–Trinajstić information content (AvgIpc) is 3.16. The summed E-state index contributed by atoms with van der Waals surface area (Å²) in [6.07, 6.45) is 6.53. The fraction of sp³-hybridized carbons (Fsp3) is 0.389. The van der Waals surface area contributed by atoms with Gasteiger partial charge in [0.15, 0.2) is 0 Å². The Kier molecular flexibility index (Phi) is 4.48. The lowest BCUT2D eigenvalue weighted by atomic mass is 9.87. The molecule has 1 aliphatic rings. The van der Waals surface area contributed by atoms with Crippen LogP contribution in [0.5, 0.6) is 0 Å². The van der Waals surface area contributed by atoms with E-state index >= 15 is 0 Å². The number of halogens is 1. The fourth-order valence-electron chi connectivity index (χ4n) is 3.38. The first-order valence-electron chi connectivity index (χ1n) is 8.59. The molecule has 0 unspecified atom stereocenters. The van der Waals surface area contributed by atoms with Crippen molar-refractivity contribution < 1.29 is 9.18 Å². The van der Waals surface area contributed by atoms with Gasteiger partial charge in [-0.05, 0) is 43.0 Å². The van der Waals surface area contributed by atoms with E-state index in [9.17, 15) is 9.18 Å². The highest BCUT2D eigenvalue weighted by Crippen LogP contribution is 2.28. The van der Waals surface area contributed by atoms with Gasteiger partial charge in [0.1, 0.15) is 5.82 Å². The van der Waals surface area contributed by atoms with Crippen LogP contribution in [0.2, 0.25) is 0 Å². The molecule has 1 N–H and O–H groups in total. The molecule has 130 valence electrons. The summed E-state index contributed by atoms with van der Waals surface area (Å²) in [5.41, 5.74) is 1.69. The lowest BCUT2D eigenvalue weighted by molar-refractivity contribution is -0.117. The van der Waals surface area contributed by atoms with Crippen LogP contribution in [0.15, 0.2) is 29.6 Å². The van der Waals surface area contributed by atoms with Crippen LogP contribution in [0.1, 0.15) is 38.5 Å². The van der Waals surface area contributed by atoms with E-state index in [0.717, 1.165) is 24.1 Å². The number of hydrogen-bond donors (Lipinski definition) is 1. The summed E-state index contributed by atoms with van der Waals surface area (Å²) in [6.45, 7) is 0. The van der Waals surface area contributed by atoms with E-state index in [1.807, 2.05) is 5.38 Å². The van der Waals surface area contributed by atoms with E-state index in [0.29, 0.717) is 23.2 Å². The Balaban J connectivity index is 1.49. The van der Waals surface area contributed by atoms with Gasteiger partial charge in [-0.15, -0.1) is 16.4 Å². The minimum Gasteiger partial charge on any atom is -0.293 e. The Labute approximate surface area is 148 Å². The summed E-state index contributed by atoms with van der Waals surface area (Å²) < 4.78 is 14.8. The average molecular weight is 358 g/mol. The number of carbonyl (C=O) groups is 1. The largest absolute Gasteiger partial charge is 0.293 e. The number of nitrogens with one attached hydrogen (secondary N) is 1. The Hall–Kier alpha value is -2.28. The summed E-state index contributed by atoms with van der Waals surface area (Å²) in [4.78, 5) is 17.3. The zero-order valence-electron chi connectivity index (χ0n) is 13.7. The van der Waals surface area contributed by atoms with Crippen molar-refractivity contribution in [1.82, 2.24) is 14.6 Å². The SMILES string of the molecule is O=C(CC1CCCCC1)Nc1nc2scc(-c3ccc(F)cc3)n2n1. The first-order chi connectivity index (χ1) is 12.2. The Morgan fingerprint density at radius 3 is 2.76 bits per heavy atom. The molecule has 0 atom stereocenters. The number of amides is 1. The van der Waals surface area contributed by atoms with Gasteiger partial charge in [0.25, 0.3) is 0 Å². The molecular weight excluding hydrogens is 339 g/mol. The van der Waals surface area contributed by atoms with Gasteiger partial charge in [-0.1, -0.05) is 19.3 Å². The van der Waals surface area contributed by atoms with Crippen LogP contribution in [0.25, 0.3) is 16.2 Å². The van der Waals surface area contributed by atoms with Gasteiger partial charge in [0.05, 0.1) is 5.69 Å². The molecule has 4 rings (SSSR count). The number of anilines is 1. The van der Waals surface area contributed by atoms with Crippen molar-refractivity contribution in [3.8, 4) is 11.3 Å². The number of rotatable bonds is 4. The van der Waals surface area contributed by atoms with Crippen molar-refractivity contribution in [1.29, 1.82) is 0 Å². The van der Waals surface area contributed by atoms with Crippen LogP contribution in [0.4, 0.5) is 10.3 Å². The molecule has 1 saturated carbocycles. The summed E-state index contributed by atoms with van der Waals surface area (Å²) in [6, 6.07) is 6.25. The molecule has 1 amide bonds. The maximum atomic E-state index is 13.1. The highest BCUT2D eigenvalue weighted by atomic mass is 32.1. The van der Waals surface area contributed by atoms with Crippen LogP contribution >= 0.6 is 11.3 Å². The van der Waals surface area contributed by atoms with E-state index in [4.69, 9.17) is 0 Å². The lowest BCUT2D eigenvalue weighted by Gasteiger charge is -2.20. The molecule has 2 aromatic heterocycles. The highest BCUT2D eigenvalue weighted by molar-refractivity contribution is 7.15. The number of fused-ring (bicyclic) bond motifs is 1. The van der Waals surface area contributed by atoms with Crippen molar-refractivity contribution in [2.75, 3.05) is 5.32 Å². The third-order valence-electron chi connectivity index (χ3n) is 4.67. The lowest BCUT2D eigenvalue weighted by Crippen LogP contribution is -2.19. The number of carbonyl (C=O) groups excluding carboxylic acids is 1. The highest BCUT2D eigenvalue weighted by Gasteiger charge is 2.19. The quantitative estimate of drug-likeness (QED) is 0.747. The zero-order chi connectivity index (χ0) is 17.2. The standard InChI is InChI=1S/C18H19FN4OS/c19-14-8-6-13(7-9-14)15-11-25-18-21-17(22-23(15)18)20-16(24)10-12-4-2-1-3-5-12/h6-9,11-12H,1-5,10H2,(H,20,22,24). The summed E-state index contributed by atoms with van der Waals surface area (Å²) in [5, 5.41) is 9.14. The van der Waals surface area contributed by atoms with Crippen molar-refractivity contribution in [2.45, 2.75) is 38.5 Å². The van der Waals surface area contributed by atoms with Gasteiger partial charge in [-0.3, -0.25) is 10.1 Å². The van der Waals surface area contributed by atoms with Gasteiger partial charge >= 0.3 is 0 Å². The number of nitrogens with zero attached hydrogens (tertiary/aromatic N) is 3. The first kappa shape index (κ1) is 16.2. The predicted molar refractivity (Wildman–Crippen MR) is 96.1 cm³/mol. The topological polar surface area (TPSA) is 59.3 Å². The van der Waals surface area contributed by atoms with Crippen LogP contribution in [0.3, 0.4) is 0 Å². The van der Waals surface area contributed by atoms with Crippen molar-refractivity contribution >= 4 is 28.2 Å². The van der Waals surface area contributed by atoms with Gasteiger partial charge in [-0.25, -0.2) is 8.91 Å².